The number of nitrogens with one attached hydrogen (secondary N) is 1. The van der Waals surface area contributed by atoms with Crippen LogP contribution < -0.4 is 5.32 Å². The first-order valence-electron chi connectivity index (χ1n) is 12.1. The number of aliphatic hydroxyl groups excluding tert-OH is 1. The third-order valence-electron chi connectivity index (χ3n) is 7.62. The molecule has 5 unspecified atom stereocenters. The van der Waals surface area contributed by atoms with Crippen LogP contribution in [0.2, 0.25) is 0 Å². The Kier molecular flexibility index (Phi) is 9.53. The standard InChI is InChI=1S/C26H44N2O3/c1-7-25(5)19-23(27-24(30)17-13-10-14-18-29)20(3)26(6,8-2)28(25)31-21(4)22-15-11-9-12-16-22/h9,11-12,15-16,20-21,23,29H,7-8,10,13-14,17-19H2,1-6H3,(H,27,30). The van der Waals surface area contributed by atoms with Crippen molar-refractivity contribution in [3.8, 4) is 0 Å². The van der Waals surface area contributed by atoms with Crippen LogP contribution in [0.15, 0.2) is 30.3 Å². The summed E-state index contributed by atoms with van der Waals surface area (Å²) in [5, 5.41) is 14.6. The highest BCUT2D eigenvalue weighted by molar-refractivity contribution is 5.76. The molecule has 0 aliphatic carbocycles. The van der Waals surface area contributed by atoms with Crippen LogP contribution in [-0.4, -0.2) is 39.8 Å². The van der Waals surface area contributed by atoms with Crippen LogP contribution in [0.5, 0.6) is 0 Å². The lowest BCUT2D eigenvalue weighted by atomic mass is 9.68. The first-order valence-corrected chi connectivity index (χ1v) is 12.1. The van der Waals surface area contributed by atoms with Gasteiger partial charge in [0, 0.05) is 30.1 Å². The lowest BCUT2D eigenvalue weighted by Crippen LogP contribution is -2.70. The molecule has 1 aromatic rings. The number of unbranched alkanes of at least 4 members (excludes halogenated alkanes) is 2. The van der Waals surface area contributed by atoms with Crippen LogP contribution in [-0.2, 0) is 9.63 Å². The van der Waals surface area contributed by atoms with Crippen molar-refractivity contribution in [2.45, 2.75) is 110 Å². The number of benzene rings is 1. The van der Waals surface area contributed by atoms with Crippen LogP contribution in [0.25, 0.3) is 0 Å². The molecule has 0 aromatic heterocycles. The maximum absolute atomic E-state index is 12.6. The molecule has 2 rings (SSSR count). The smallest absolute Gasteiger partial charge is 0.220 e. The summed E-state index contributed by atoms with van der Waals surface area (Å²) >= 11 is 0. The molecule has 0 saturated carbocycles. The number of piperidine rings is 1. The number of hydrogen-bond acceptors (Lipinski definition) is 4. The van der Waals surface area contributed by atoms with Gasteiger partial charge in [-0.05, 0) is 64.4 Å². The molecule has 5 nitrogen and oxygen atoms in total. The van der Waals surface area contributed by atoms with Gasteiger partial charge in [0.05, 0.1) is 0 Å². The summed E-state index contributed by atoms with van der Waals surface area (Å²) in [6.45, 7) is 13.5. The van der Waals surface area contributed by atoms with E-state index in [-0.39, 0.29) is 41.7 Å². The van der Waals surface area contributed by atoms with Crippen LogP contribution in [0.3, 0.4) is 0 Å². The number of nitrogens with zero attached hydrogens (tertiary/aromatic N) is 1. The zero-order chi connectivity index (χ0) is 23.1. The summed E-state index contributed by atoms with van der Waals surface area (Å²) in [5.74, 6) is 0.375. The molecule has 1 heterocycles. The van der Waals surface area contributed by atoms with E-state index < -0.39 is 0 Å². The number of amides is 1. The van der Waals surface area contributed by atoms with Crippen molar-refractivity contribution < 1.29 is 14.7 Å². The van der Waals surface area contributed by atoms with E-state index in [2.05, 4.69) is 76.2 Å². The topological polar surface area (TPSA) is 61.8 Å². The Morgan fingerprint density at radius 2 is 1.87 bits per heavy atom. The largest absolute Gasteiger partial charge is 0.396 e. The van der Waals surface area contributed by atoms with Gasteiger partial charge in [-0.15, -0.1) is 0 Å². The van der Waals surface area contributed by atoms with E-state index >= 15 is 0 Å². The lowest BCUT2D eigenvalue weighted by molar-refractivity contribution is -0.327. The third kappa shape index (κ3) is 6.09. The normalized spacial score (nSPS) is 30.2. The van der Waals surface area contributed by atoms with E-state index in [0.717, 1.165) is 38.5 Å². The van der Waals surface area contributed by atoms with Gasteiger partial charge in [0.15, 0.2) is 0 Å². The summed E-state index contributed by atoms with van der Waals surface area (Å²) in [6.07, 6.45) is 5.72. The van der Waals surface area contributed by atoms with Crippen LogP contribution in [0.4, 0.5) is 0 Å². The van der Waals surface area contributed by atoms with Gasteiger partial charge in [0.25, 0.3) is 0 Å². The quantitative estimate of drug-likeness (QED) is 0.460. The fourth-order valence-electron chi connectivity index (χ4n) is 4.94. The Balaban J connectivity index is 2.18. The first-order chi connectivity index (χ1) is 14.7. The molecule has 1 aliphatic rings. The van der Waals surface area contributed by atoms with E-state index in [1.165, 1.54) is 5.56 Å². The van der Waals surface area contributed by atoms with Gasteiger partial charge >= 0.3 is 0 Å². The Morgan fingerprint density at radius 3 is 2.45 bits per heavy atom. The number of hydroxylamine groups is 2. The third-order valence-corrected chi connectivity index (χ3v) is 7.62. The molecule has 1 amide bonds. The molecule has 31 heavy (non-hydrogen) atoms. The van der Waals surface area contributed by atoms with Crippen molar-refractivity contribution in [3.63, 3.8) is 0 Å². The van der Waals surface area contributed by atoms with Crippen LogP contribution in [0.1, 0.15) is 98.2 Å². The zero-order valence-corrected chi connectivity index (χ0v) is 20.5. The zero-order valence-electron chi connectivity index (χ0n) is 20.5. The average molecular weight is 433 g/mol. The second kappa shape index (κ2) is 11.4. The molecule has 0 radical (unpaired) electrons. The summed E-state index contributed by atoms with van der Waals surface area (Å²) in [6, 6.07) is 10.5. The molecular weight excluding hydrogens is 388 g/mol. The molecule has 1 saturated heterocycles. The van der Waals surface area contributed by atoms with Gasteiger partial charge in [-0.1, -0.05) is 57.5 Å². The first kappa shape index (κ1) is 25.8. The van der Waals surface area contributed by atoms with Gasteiger partial charge < -0.3 is 10.4 Å². The van der Waals surface area contributed by atoms with E-state index in [4.69, 9.17) is 9.94 Å². The van der Waals surface area contributed by atoms with Crippen molar-refractivity contribution in [2.24, 2.45) is 5.92 Å². The highest BCUT2D eigenvalue weighted by atomic mass is 16.7. The molecule has 1 fully saturated rings. The van der Waals surface area contributed by atoms with E-state index in [0.29, 0.717) is 6.42 Å². The predicted molar refractivity (Wildman–Crippen MR) is 126 cm³/mol. The van der Waals surface area contributed by atoms with Crippen molar-refractivity contribution in [3.05, 3.63) is 35.9 Å². The van der Waals surface area contributed by atoms with Gasteiger partial charge in [-0.3, -0.25) is 9.63 Å². The minimum absolute atomic E-state index is 0.0391. The fourth-order valence-corrected chi connectivity index (χ4v) is 4.94. The van der Waals surface area contributed by atoms with Crippen molar-refractivity contribution in [1.82, 2.24) is 10.4 Å². The molecular formula is C26H44N2O3. The van der Waals surface area contributed by atoms with Gasteiger partial charge in [0.2, 0.25) is 5.91 Å². The van der Waals surface area contributed by atoms with Crippen molar-refractivity contribution in [1.29, 1.82) is 0 Å². The van der Waals surface area contributed by atoms with Gasteiger partial charge in [-0.25, -0.2) is 0 Å². The number of rotatable bonds is 11. The van der Waals surface area contributed by atoms with E-state index in [9.17, 15) is 4.79 Å². The summed E-state index contributed by atoms with van der Waals surface area (Å²) in [4.78, 5) is 19.3. The summed E-state index contributed by atoms with van der Waals surface area (Å²) in [5.41, 5.74) is 0.807. The van der Waals surface area contributed by atoms with Crippen LogP contribution in [0, 0.1) is 5.92 Å². The Labute approximate surface area is 189 Å². The number of aliphatic hydroxyl groups is 1. The molecule has 0 bridgehead atoms. The number of carbonyl (C=O) groups excluding carboxylic acids is 1. The van der Waals surface area contributed by atoms with E-state index in [1.54, 1.807) is 0 Å². The second-order valence-corrected chi connectivity index (χ2v) is 9.71. The summed E-state index contributed by atoms with van der Waals surface area (Å²) < 4.78 is 0. The van der Waals surface area contributed by atoms with Crippen molar-refractivity contribution >= 4 is 5.91 Å². The van der Waals surface area contributed by atoms with Gasteiger partial charge in [-0.2, -0.15) is 5.06 Å². The highest BCUT2D eigenvalue weighted by Crippen LogP contribution is 2.47. The Bertz CT molecular complexity index is 682. The predicted octanol–water partition coefficient (Wildman–Crippen LogP) is 5.40. The van der Waals surface area contributed by atoms with Gasteiger partial charge in [0.1, 0.15) is 6.10 Å². The van der Waals surface area contributed by atoms with Crippen LogP contribution >= 0.6 is 0 Å². The molecule has 1 aromatic carbocycles. The number of carbonyl (C=O) groups is 1. The Hall–Kier alpha value is -1.43. The molecule has 5 heteroatoms. The van der Waals surface area contributed by atoms with Crippen molar-refractivity contribution in [2.75, 3.05) is 6.61 Å². The molecule has 1 aliphatic heterocycles. The number of hydrogen-bond donors (Lipinski definition) is 2. The highest BCUT2D eigenvalue weighted by Gasteiger charge is 2.54. The lowest BCUT2D eigenvalue weighted by Gasteiger charge is -2.60. The maximum Gasteiger partial charge on any atom is 0.220 e. The minimum atomic E-state index is -0.194. The SMILES string of the molecule is CCC1(C)CC(NC(=O)CCCCCO)C(C)C(C)(CC)N1OC(C)c1ccccc1. The van der Waals surface area contributed by atoms with E-state index in [1.807, 2.05) is 6.07 Å². The molecule has 0 spiro atoms. The molecule has 176 valence electrons. The maximum atomic E-state index is 12.6. The molecule has 5 atom stereocenters. The molecule has 2 N–H and O–H groups in total. The average Bonchev–Trinajstić information content (AvgIpc) is 2.78. The second-order valence-electron chi connectivity index (χ2n) is 9.71. The summed E-state index contributed by atoms with van der Waals surface area (Å²) in [7, 11) is 0. The monoisotopic (exact) mass is 432 g/mol. The Morgan fingerprint density at radius 1 is 1.19 bits per heavy atom. The fraction of sp³-hybridized carbons (Fsp3) is 0.731. The minimum Gasteiger partial charge on any atom is -0.396 e.